The molecule has 2 nitrogen and oxygen atoms in total. The Kier molecular flexibility index (Phi) is 3.33. The molecule has 1 atom stereocenters. The van der Waals surface area contributed by atoms with E-state index < -0.39 is 17.4 Å². The molecule has 17 heavy (non-hydrogen) atoms. The minimum atomic E-state index is -2.15. The standard InChI is InChI=1S/C12H12ClF2NO/c13-9-4-3-8(7-10(9)14)12(15)5-1-2-6-16-11(12)17/h3-4,7H,1-2,5-6H2,(H,16,17). The molecule has 0 bridgehead atoms. The predicted molar refractivity (Wildman–Crippen MR) is 61.1 cm³/mol. The molecule has 1 aromatic rings. The number of benzene rings is 1. The Hall–Kier alpha value is -1.16. The number of nitrogens with one attached hydrogen (secondary N) is 1. The summed E-state index contributed by atoms with van der Waals surface area (Å²) < 4.78 is 28.0. The SMILES string of the molecule is O=C1NCCCCC1(F)c1ccc(Cl)c(F)c1. The van der Waals surface area contributed by atoms with Crippen LogP contribution in [0.25, 0.3) is 0 Å². The summed E-state index contributed by atoms with van der Waals surface area (Å²) in [6, 6.07) is 3.62. The highest BCUT2D eigenvalue weighted by atomic mass is 35.5. The van der Waals surface area contributed by atoms with E-state index in [0.717, 1.165) is 12.5 Å². The second kappa shape index (κ2) is 4.61. The molecule has 0 spiro atoms. The second-order valence-corrected chi connectivity index (χ2v) is 4.55. The molecule has 0 aliphatic carbocycles. The van der Waals surface area contributed by atoms with Gasteiger partial charge in [-0.15, -0.1) is 0 Å². The largest absolute Gasteiger partial charge is 0.353 e. The molecule has 1 aromatic carbocycles. The average Bonchev–Trinajstić information content (AvgIpc) is 2.47. The number of halogens is 3. The summed E-state index contributed by atoms with van der Waals surface area (Å²) in [5.41, 5.74) is -2.12. The lowest BCUT2D eigenvalue weighted by atomic mass is 9.90. The van der Waals surface area contributed by atoms with Crippen LogP contribution in [-0.4, -0.2) is 12.5 Å². The van der Waals surface area contributed by atoms with Crippen LogP contribution in [0, 0.1) is 5.82 Å². The smallest absolute Gasteiger partial charge is 0.262 e. The summed E-state index contributed by atoms with van der Waals surface area (Å²) in [7, 11) is 0. The van der Waals surface area contributed by atoms with Crippen LogP contribution < -0.4 is 5.32 Å². The molecule has 1 heterocycles. The minimum Gasteiger partial charge on any atom is -0.353 e. The molecule has 1 aliphatic rings. The molecule has 0 aromatic heterocycles. The van der Waals surface area contributed by atoms with Gasteiger partial charge in [0.05, 0.1) is 5.02 Å². The molecule has 1 fully saturated rings. The third-order valence-electron chi connectivity index (χ3n) is 2.97. The lowest BCUT2D eigenvalue weighted by molar-refractivity contribution is -0.133. The predicted octanol–water partition coefficient (Wildman–Crippen LogP) is 2.94. The molecule has 2 rings (SSSR count). The molecular formula is C12H12ClF2NO. The van der Waals surface area contributed by atoms with Crippen molar-refractivity contribution in [3.63, 3.8) is 0 Å². The van der Waals surface area contributed by atoms with Gasteiger partial charge < -0.3 is 5.32 Å². The molecule has 0 radical (unpaired) electrons. The van der Waals surface area contributed by atoms with E-state index in [0.29, 0.717) is 13.0 Å². The molecule has 0 saturated carbocycles. The van der Waals surface area contributed by atoms with Crippen molar-refractivity contribution < 1.29 is 13.6 Å². The Morgan fingerprint density at radius 2 is 2.12 bits per heavy atom. The highest BCUT2D eigenvalue weighted by Crippen LogP contribution is 2.35. The van der Waals surface area contributed by atoms with Gasteiger partial charge in [0, 0.05) is 12.1 Å². The van der Waals surface area contributed by atoms with Crippen molar-refractivity contribution in [2.45, 2.75) is 24.9 Å². The number of carbonyl (C=O) groups is 1. The van der Waals surface area contributed by atoms with E-state index in [-0.39, 0.29) is 17.0 Å². The molecule has 1 saturated heterocycles. The normalized spacial score (nSPS) is 25.2. The first-order valence-corrected chi connectivity index (χ1v) is 5.84. The Labute approximate surface area is 103 Å². The van der Waals surface area contributed by atoms with E-state index >= 15 is 0 Å². The number of amides is 1. The van der Waals surface area contributed by atoms with Crippen LogP contribution in [0.4, 0.5) is 8.78 Å². The van der Waals surface area contributed by atoms with E-state index in [9.17, 15) is 13.6 Å². The first-order valence-electron chi connectivity index (χ1n) is 5.47. The van der Waals surface area contributed by atoms with Crippen molar-refractivity contribution in [3.05, 3.63) is 34.6 Å². The van der Waals surface area contributed by atoms with E-state index in [1.165, 1.54) is 12.1 Å². The zero-order valence-corrected chi connectivity index (χ0v) is 9.86. The maximum atomic E-state index is 14.6. The quantitative estimate of drug-likeness (QED) is 0.825. The highest BCUT2D eigenvalue weighted by molar-refractivity contribution is 6.30. The van der Waals surface area contributed by atoms with Gasteiger partial charge in [0.25, 0.3) is 5.91 Å². The van der Waals surface area contributed by atoms with Crippen LogP contribution in [0.3, 0.4) is 0 Å². The number of hydrogen-bond acceptors (Lipinski definition) is 1. The molecule has 5 heteroatoms. The Morgan fingerprint density at radius 3 is 2.82 bits per heavy atom. The topological polar surface area (TPSA) is 29.1 Å². The first kappa shape index (κ1) is 12.3. The monoisotopic (exact) mass is 259 g/mol. The van der Waals surface area contributed by atoms with Gasteiger partial charge in [-0.05, 0) is 31.4 Å². The van der Waals surface area contributed by atoms with Crippen LogP contribution in [0.15, 0.2) is 18.2 Å². The van der Waals surface area contributed by atoms with Crippen LogP contribution >= 0.6 is 11.6 Å². The van der Waals surface area contributed by atoms with Gasteiger partial charge in [0.1, 0.15) is 5.82 Å². The Bertz CT molecular complexity index is 452. The van der Waals surface area contributed by atoms with Crippen molar-refractivity contribution in [1.29, 1.82) is 0 Å². The Balaban J connectivity index is 2.41. The van der Waals surface area contributed by atoms with Crippen LogP contribution in [0.5, 0.6) is 0 Å². The number of alkyl halides is 1. The fourth-order valence-electron chi connectivity index (χ4n) is 1.97. The molecule has 1 amide bonds. The third kappa shape index (κ3) is 2.27. The molecule has 92 valence electrons. The van der Waals surface area contributed by atoms with E-state index in [1.54, 1.807) is 0 Å². The van der Waals surface area contributed by atoms with Crippen LogP contribution in [0.1, 0.15) is 24.8 Å². The summed E-state index contributed by atoms with van der Waals surface area (Å²) in [6.45, 7) is 0.459. The van der Waals surface area contributed by atoms with E-state index in [4.69, 9.17) is 11.6 Å². The van der Waals surface area contributed by atoms with Crippen molar-refractivity contribution in [2.75, 3.05) is 6.54 Å². The van der Waals surface area contributed by atoms with Gasteiger partial charge in [-0.2, -0.15) is 0 Å². The highest BCUT2D eigenvalue weighted by Gasteiger charge is 2.41. The number of rotatable bonds is 1. The molecular weight excluding hydrogens is 248 g/mol. The molecule has 1 aliphatic heterocycles. The van der Waals surface area contributed by atoms with Gasteiger partial charge in [0.2, 0.25) is 5.67 Å². The van der Waals surface area contributed by atoms with Crippen molar-refractivity contribution in [2.24, 2.45) is 0 Å². The van der Waals surface area contributed by atoms with Gasteiger partial charge in [0.15, 0.2) is 0 Å². The maximum Gasteiger partial charge on any atom is 0.262 e. The van der Waals surface area contributed by atoms with Crippen molar-refractivity contribution >= 4 is 17.5 Å². The number of carbonyl (C=O) groups excluding carboxylic acids is 1. The fourth-order valence-corrected chi connectivity index (χ4v) is 2.08. The summed E-state index contributed by atoms with van der Waals surface area (Å²) in [4.78, 5) is 11.7. The van der Waals surface area contributed by atoms with Gasteiger partial charge in [-0.3, -0.25) is 4.79 Å². The summed E-state index contributed by atoms with van der Waals surface area (Å²) >= 11 is 5.54. The maximum absolute atomic E-state index is 14.6. The zero-order chi connectivity index (χ0) is 12.5. The summed E-state index contributed by atoms with van der Waals surface area (Å²) in [6.07, 6.45) is 1.38. The van der Waals surface area contributed by atoms with Crippen molar-refractivity contribution in [1.82, 2.24) is 5.32 Å². The van der Waals surface area contributed by atoms with E-state index in [1.807, 2.05) is 0 Å². The Morgan fingerprint density at radius 1 is 1.35 bits per heavy atom. The first-order chi connectivity index (χ1) is 8.04. The van der Waals surface area contributed by atoms with Gasteiger partial charge in [-0.1, -0.05) is 17.7 Å². The van der Waals surface area contributed by atoms with Gasteiger partial charge in [-0.25, -0.2) is 8.78 Å². The fraction of sp³-hybridized carbons (Fsp3) is 0.417. The second-order valence-electron chi connectivity index (χ2n) is 4.14. The number of hydrogen-bond donors (Lipinski definition) is 1. The lowest BCUT2D eigenvalue weighted by Gasteiger charge is -2.22. The minimum absolute atomic E-state index is 0.0267. The third-order valence-corrected chi connectivity index (χ3v) is 3.28. The zero-order valence-electron chi connectivity index (χ0n) is 9.10. The summed E-state index contributed by atoms with van der Waals surface area (Å²) in [5.74, 6) is -1.41. The molecule has 1 unspecified atom stereocenters. The van der Waals surface area contributed by atoms with E-state index in [2.05, 4.69) is 5.32 Å². The van der Waals surface area contributed by atoms with Gasteiger partial charge >= 0.3 is 0 Å². The van der Waals surface area contributed by atoms with Crippen LogP contribution in [0.2, 0.25) is 5.02 Å². The lowest BCUT2D eigenvalue weighted by Crippen LogP contribution is -2.39. The summed E-state index contributed by atoms with van der Waals surface area (Å²) in [5, 5.41) is 2.42. The molecule has 1 N–H and O–H groups in total. The average molecular weight is 260 g/mol. The van der Waals surface area contributed by atoms with Crippen LogP contribution in [-0.2, 0) is 10.5 Å². The van der Waals surface area contributed by atoms with Crippen molar-refractivity contribution in [3.8, 4) is 0 Å².